The van der Waals surface area contributed by atoms with Crippen LogP contribution < -0.4 is 10.6 Å². The monoisotopic (exact) mass is 400 g/mol. The van der Waals surface area contributed by atoms with E-state index in [0.717, 1.165) is 29.9 Å². The molecule has 1 aliphatic heterocycles. The molecular weight excluding hydrogens is 371 g/mol. The van der Waals surface area contributed by atoms with Gasteiger partial charge in [-0.1, -0.05) is 19.1 Å². The van der Waals surface area contributed by atoms with Gasteiger partial charge in [0.05, 0.1) is 17.1 Å². The van der Waals surface area contributed by atoms with Crippen LogP contribution in [-0.4, -0.2) is 28.5 Å². The Morgan fingerprint density at radius 2 is 2.08 bits per heavy atom. The number of hydrogen-bond acceptors (Lipinski definition) is 3. The van der Waals surface area contributed by atoms with Crippen LogP contribution in [0.3, 0.4) is 0 Å². The lowest BCUT2D eigenvalue weighted by Gasteiger charge is -2.28. The minimum absolute atomic E-state index is 0. The van der Waals surface area contributed by atoms with Crippen LogP contribution >= 0.6 is 24.8 Å². The number of fused-ring (bicyclic) bond motifs is 1. The third-order valence-electron chi connectivity index (χ3n) is 5.23. The van der Waals surface area contributed by atoms with E-state index in [2.05, 4.69) is 33.2 Å². The molecule has 1 fully saturated rings. The van der Waals surface area contributed by atoms with Crippen LogP contribution in [0.2, 0.25) is 0 Å². The van der Waals surface area contributed by atoms with Crippen molar-refractivity contribution < 1.29 is 4.79 Å². The highest BCUT2D eigenvalue weighted by atomic mass is 35.5. The zero-order valence-electron chi connectivity index (χ0n) is 15.7. The minimum Gasteiger partial charge on any atom is -0.346 e. The van der Waals surface area contributed by atoms with Gasteiger partial charge < -0.3 is 15.2 Å². The van der Waals surface area contributed by atoms with Gasteiger partial charge >= 0.3 is 0 Å². The fraction of sp³-hybridized carbons (Fsp3) is 0.579. The van der Waals surface area contributed by atoms with E-state index >= 15 is 0 Å². The van der Waals surface area contributed by atoms with Crippen LogP contribution in [0.25, 0.3) is 11.0 Å². The molecule has 1 amide bonds. The lowest BCUT2D eigenvalue weighted by molar-refractivity contribution is -0.123. The first-order valence-electron chi connectivity index (χ1n) is 8.97. The van der Waals surface area contributed by atoms with Crippen LogP contribution in [0.4, 0.5) is 0 Å². The average Bonchev–Trinajstić information content (AvgIpc) is 2.93. The highest BCUT2D eigenvalue weighted by Gasteiger charge is 2.23. The van der Waals surface area contributed by atoms with Crippen molar-refractivity contribution in [3.8, 4) is 0 Å². The predicted octanol–water partition coefficient (Wildman–Crippen LogP) is 3.62. The van der Waals surface area contributed by atoms with Crippen LogP contribution in [-0.2, 0) is 11.8 Å². The van der Waals surface area contributed by atoms with E-state index in [0.29, 0.717) is 18.3 Å². The number of piperidine rings is 1. The minimum atomic E-state index is -0.0911. The lowest BCUT2D eigenvalue weighted by Crippen LogP contribution is -2.36. The first-order chi connectivity index (χ1) is 11.6. The Labute approximate surface area is 168 Å². The quantitative estimate of drug-likeness (QED) is 0.805. The molecule has 0 saturated carbocycles. The number of nitrogens with zero attached hydrogens (tertiary/aromatic N) is 2. The van der Waals surface area contributed by atoms with Crippen molar-refractivity contribution in [2.75, 3.05) is 13.1 Å². The summed E-state index contributed by atoms with van der Waals surface area (Å²) >= 11 is 0. The molecule has 7 heteroatoms. The van der Waals surface area contributed by atoms with E-state index in [9.17, 15) is 4.79 Å². The summed E-state index contributed by atoms with van der Waals surface area (Å²) < 4.78 is 2.06. The number of aryl methyl sites for hydroxylation is 1. The van der Waals surface area contributed by atoms with Gasteiger partial charge in [-0.25, -0.2) is 4.98 Å². The first-order valence-corrected chi connectivity index (χ1v) is 8.97. The first kappa shape index (κ1) is 22.7. The normalized spacial score (nSPS) is 19.1. The summed E-state index contributed by atoms with van der Waals surface area (Å²) in [5.41, 5.74) is 2.06. The molecule has 0 aliphatic carbocycles. The number of amides is 1. The molecule has 0 spiro atoms. The van der Waals surface area contributed by atoms with Crippen molar-refractivity contribution >= 4 is 41.8 Å². The van der Waals surface area contributed by atoms with Crippen molar-refractivity contribution in [2.45, 2.75) is 39.2 Å². The topological polar surface area (TPSA) is 59.0 Å². The maximum atomic E-state index is 12.4. The second-order valence-electron chi connectivity index (χ2n) is 7.09. The van der Waals surface area contributed by atoms with Crippen LogP contribution in [0.5, 0.6) is 0 Å². The summed E-state index contributed by atoms with van der Waals surface area (Å²) in [7, 11) is 2.00. The highest BCUT2D eigenvalue weighted by Crippen LogP contribution is 2.23. The molecule has 1 saturated heterocycles. The third-order valence-corrected chi connectivity index (χ3v) is 5.23. The number of nitrogens with one attached hydrogen (secondary N) is 2. The molecule has 1 aromatic heterocycles. The molecular formula is C19H30Cl2N4O. The highest BCUT2D eigenvalue weighted by molar-refractivity contribution is 5.85. The third kappa shape index (κ3) is 5.12. The van der Waals surface area contributed by atoms with E-state index < -0.39 is 0 Å². The summed E-state index contributed by atoms with van der Waals surface area (Å²) in [6.45, 7) is 6.34. The van der Waals surface area contributed by atoms with Crippen LogP contribution in [0, 0.1) is 11.8 Å². The molecule has 1 aliphatic rings. The summed E-state index contributed by atoms with van der Waals surface area (Å²) in [5, 5.41) is 6.56. The molecule has 146 valence electrons. The molecule has 3 unspecified atom stereocenters. The number of rotatable bonds is 5. The van der Waals surface area contributed by atoms with Gasteiger partial charge in [-0.3, -0.25) is 4.79 Å². The number of carbonyl (C=O) groups excluding carboxylic acids is 1. The van der Waals surface area contributed by atoms with Crippen molar-refractivity contribution in [2.24, 2.45) is 18.9 Å². The second-order valence-corrected chi connectivity index (χ2v) is 7.09. The van der Waals surface area contributed by atoms with E-state index in [1.807, 2.05) is 32.2 Å². The zero-order chi connectivity index (χ0) is 17.1. The van der Waals surface area contributed by atoms with Crippen molar-refractivity contribution in [3.05, 3.63) is 30.1 Å². The maximum absolute atomic E-state index is 12.4. The summed E-state index contributed by atoms with van der Waals surface area (Å²) in [6, 6.07) is 7.97. The number of para-hydroxylation sites is 2. The standard InChI is InChI=1S/C19H28N4O.2ClH/c1-13(15-7-6-10-20-12-15)11-18(24)21-14(2)19-22-16-8-4-5-9-17(16)23(19)3;;/h4-5,8-9,13-15,20H,6-7,10-12H2,1-3H3,(H,21,24);2*1H. The van der Waals surface area contributed by atoms with Gasteiger partial charge in [0.15, 0.2) is 0 Å². The second kappa shape index (κ2) is 10.1. The SMILES string of the molecule is CC(NC(=O)CC(C)C1CCCNC1)c1nc2ccccc2n1C.Cl.Cl. The van der Waals surface area contributed by atoms with Gasteiger partial charge in [0.1, 0.15) is 5.82 Å². The number of carbonyl (C=O) groups is 1. The van der Waals surface area contributed by atoms with E-state index in [-0.39, 0.29) is 36.8 Å². The van der Waals surface area contributed by atoms with Gasteiger partial charge in [0.2, 0.25) is 5.91 Å². The summed E-state index contributed by atoms with van der Waals surface area (Å²) in [4.78, 5) is 17.1. The summed E-state index contributed by atoms with van der Waals surface area (Å²) in [5.74, 6) is 2.03. The number of imidazole rings is 1. The molecule has 1 aromatic carbocycles. The van der Waals surface area contributed by atoms with Crippen molar-refractivity contribution in [1.29, 1.82) is 0 Å². The Bertz CT molecular complexity index is 713. The Morgan fingerprint density at radius 3 is 2.73 bits per heavy atom. The molecule has 0 radical (unpaired) electrons. The fourth-order valence-corrected chi connectivity index (χ4v) is 3.74. The zero-order valence-corrected chi connectivity index (χ0v) is 17.3. The molecule has 2 N–H and O–H groups in total. The van der Waals surface area contributed by atoms with E-state index in [1.165, 1.54) is 12.8 Å². The van der Waals surface area contributed by atoms with Gasteiger partial charge in [-0.2, -0.15) is 0 Å². The molecule has 3 atom stereocenters. The smallest absolute Gasteiger partial charge is 0.220 e. The van der Waals surface area contributed by atoms with Crippen LogP contribution in [0.1, 0.15) is 45.0 Å². The molecule has 2 heterocycles. The Balaban J connectivity index is 0.00000169. The molecule has 2 aromatic rings. The maximum Gasteiger partial charge on any atom is 0.220 e. The number of hydrogen-bond donors (Lipinski definition) is 2. The number of benzene rings is 1. The van der Waals surface area contributed by atoms with Gasteiger partial charge in [0, 0.05) is 13.5 Å². The summed E-state index contributed by atoms with van der Waals surface area (Å²) in [6.07, 6.45) is 3.02. The van der Waals surface area contributed by atoms with Gasteiger partial charge in [-0.05, 0) is 56.8 Å². The van der Waals surface area contributed by atoms with Gasteiger partial charge in [0.25, 0.3) is 0 Å². The van der Waals surface area contributed by atoms with E-state index in [4.69, 9.17) is 0 Å². The predicted molar refractivity (Wildman–Crippen MR) is 111 cm³/mol. The molecule has 3 rings (SSSR count). The Hall–Kier alpha value is -1.30. The number of aromatic nitrogens is 2. The molecule has 0 bridgehead atoms. The lowest BCUT2D eigenvalue weighted by atomic mass is 9.85. The van der Waals surface area contributed by atoms with Gasteiger partial charge in [-0.15, -0.1) is 24.8 Å². The van der Waals surface area contributed by atoms with Crippen molar-refractivity contribution in [1.82, 2.24) is 20.2 Å². The Morgan fingerprint density at radius 1 is 1.35 bits per heavy atom. The number of halogens is 2. The van der Waals surface area contributed by atoms with E-state index in [1.54, 1.807) is 0 Å². The molecule has 5 nitrogen and oxygen atoms in total. The Kier molecular flexibility index (Phi) is 8.87. The van der Waals surface area contributed by atoms with Crippen molar-refractivity contribution in [3.63, 3.8) is 0 Å². The van der Waals surface area contributed by atoms with Crippen LogP contribution in [0.15, 0.2) is 24.3 Å². The average molecular weight is 401 g/mol. The largest absolute Gasteiger partial charge is 0.346 e. The molecule has 26 heavy (non-hydrogen) atoms. The fourth-order valence-electron chi connectivity index (χ4n) is 3.74.